The van der Waals surface area contributed by atoms with Crippen molar-refractivity contribution in [3.8, 4) is 0 Å². The first-order valence-corrected chi connectivity index (χ1v) is 6.56. The van der Waals surface area contributed by atoms with Crippen LogP contribution in [0.3, 0.4) is 0 Å². The third kappa shape index (κ3) is 4.18. The molecule has 2 aromatic carbocycles. The fraction of sp³-hybridized carbons (Fsp3) is 0.133. The fourth-order valence-corrected chi connectivity index (χ4v) is 2.00. The summed E-state index contributed by atoms with van der Waals surface area (Å²) in [6, 6.07) is 11.6. The lowest BCUT2D eigenvalue weighted by Gasteiger charge is -2.07. The van der Waals surface area contributed by atoms with Crippen LogP contribution in [-0.4, -0.2) is 11.0 Å². The molecule has 6 heteroatoms. The molecule has 0 radical (unpaired) electrons. The monoisotopic (exact) mass is 308 g/mol. The van der Waals surface area contributed by atoms with Crippen molar-refractivity contribution in [3.05, 3.63) is 70.0 Å². The molecule has 0 fully saturated rings. The van der Waals surface area contributed by atoms with E-state index < -0.39 is 5.82 Å². The third-order valence-corrected chi connectivity index (χ3v) is 3.11. The highest BCUT2D eigenvalue weighted by Crippen LogP contribution is 2.15. The van der Waals surface area contributed by atoms with Crippen molar-refractivity contribution in [2.24, 2.45) is 10.9 Å². The van der Waals surface area contributed by atoms with Gasteiger partial charge in [0.05, 0.1) is 13.2 Å². The second kappa shape index (κ2) is 7.06. The van der Waals surface area contributed by atoms with Gasteiger partial charge < -0.3 is 15.7 Å². The van der Waals surface area contributed by atoms with E-state index in [1.807, 2.05) is 12.1 Å². The number of amidine groups is 1. The molecule has 4 nitrogen and oxygen atoms in total. The molecule has 0 aliphatic heterocycles. The molecule has 0 unspecified atom stereocenters. The molecule has 0 aromatic heterocycles. The summed E-state index contributed by atoms with van der Waals surface area (Å²) in [5.41, 5.74) is 7.01. The molecule has 0 spiro atoms. The molecular weight excluding hydrogens is 295 g/mol. The van der Waals surface area contributed by atoms with Gasteiger partial charge >= 0.3 is 0 Å². The zero-order valence-electron chi connectivity index (χ0n) is 11.1. The van der Waals surface area contributed by atoms with Crippen LogP contribution < -0.4 is 5.73 Å². The van der Waals surface area contributed by atoms with E-state index in [9.17, 15) is 4.39 Å². The Labute approximate surface area is 126 Å². The lowest BCUT2D eigenvalue weighted by Crippen LogP contribution is -2.13. The minimum Gasteiger partial charge on any atom is -0.409 e. The summed E-state index contributed by atoms with van der Waals surface area (Å²) in [5.74, 6) is -0.606. The Morgan fingerprint density at radius 3 is 2.71 bits per heavy atom. The summed E-state index contributed by atoms with van der Waals surface area (Å²) in [6.07, 6.45) is 0. The van der Waals surface area contributed by atoms with Crippen LogP contribution in [0.5, 0.6) is 0 Å². The van der Waals surface area contributed by atoms with Gasteiger partial charge in [-0.25, -0.2) is 4.39 Å². The number of nitrogens with zero attached hydrogens (tertiary/aromatic N) is 1. The molecule has 110 valence electrons. The average Bonchev–Trinajstić information content (AvgIpc) is 2.48. The standard InChI is InChI=1S/C15H14ClFN2O2/c16-13-3-1-2-10(6-13)8-21-9-12-5-4-11(7-14(12)17)15(18)19-20/h1-7,20H,8-9H2,(H2,18,19). The molecule has 0 saturated heterocycles. The van der Waals surface area contributed by atoms with Crippen molar-refractivity contribution in [2.45, 2.75) is 13.2 Å². The molecule has 0 aliphatic rings. The van der Waals surface area contributed by atoms with Gasteiger partial charge in [-0.3, -0.25) is 0 Å². The van der Waals surface area contributed by atoms with Gasteiger partial charge in [-0.15, -0.1) is 0 Å². The number of ether oxygens (including phenoxy) is 1. The van der Waals surface area contributed by atoms with Crippen LogP contribution in [0.15, 0.2) is 47.6 Å². The van der Waals surface area contributed by atoms with Gasteiger partial charge in [0.2, 0.25) is 0 Å². The molecule has 2 rings (SSSR count). The van der Waals surface area contributed by atoms with E-state index in [-0.39, 0.29) is 12.4 Å². The van der Waals surface area contributed by atoms with Gasteiger partial charge in [0.15, 0.2) is 5.84 Å². The summed E-state index contributed by atoms with van der Waals surface area (Å²) in [7, 11) is 0. The predicted octanol–water partition coefficient (Wildman–Crippen LogP) is 3.29. The Morgan fingerprint density at radius 1 is 1.24 bits per heavy atom. The van der Waals surface area contributed by atoms with Gasteiger partial charge in [0, 0.05) is 16.1 Å². The van der Waals surface area contributed by atoms with E-state index >= 15 is 0 Å². The van der Waals surface area contributed by atoms with E-state index in [0.717, 1.165) is 5.56 Å². The van der Waals surface area contributed by atoms with Crippen LogP contribution in [0, 0.1) is 5.82 Å². The maximum atomic E-state index is 13.8. The number of rotatable bonds is 5. The van der Waals surface area contributed by atoms with Crippen molar-refractivity contribution in [2.75, 3.05) is 0 Å². The molecule has 0 heterocycles. The Balaban J connectivity index is 1.97. The van der Waals surface area contributed by atoms with Gasteiger partial charge in [-0.05, 0) is 23.8 Å². The molecule has 0 amide bonds. The second-order valence-corrected chi connectivity index (χ2v) is 4.85. The van der Waals surface area contributed by atoms with E-state index in [4.69, 9.17) is 27.3 Å². The molecule has 0 saturated carbocycles. The van der Waals surface area contributed by atoms with Crippen LogP contribution in [0.25, 0.3) is 0 Å². The van der Waals surface area contributed by atoms with E-state index in [1.54, 1.807) is 24.3 Å². The minimum absolute atomic E-state index is 0.120. The molecule has 0 aliphatic carbocycles. The van der Waals surface area contributed by atoms with Crippen LogP contribution in [0.2, 0.25) is 5.02 Å². The number of hydrogen-bond donors (Lipinski definition) is 2. The number of hydrogen-bond acceptors (Lipinski definition) is 3. The first kappa shape index (κ1) is 15.3. The highest BCUT2D eigenvalue weighted by Gasteiger charge is 2.07. The van der Waals surface area contributed by atoms with Crippen molar-refractivity contribution >= 4 is 17.4 Å². The van der Waals surface area contributed by atoms with Gasteiger partial charge in [0.1, 0.15) is 5.82 Å². The topological polar surface area (TPSA) is 67.8 Å². The van der Waals surface area contributed by atoms with E-state index in [1.165, 1.54) is 6.07 Å². The first-order chi connectivity index (χ1) is 10.1. The van der Waals surface area contributed by atoms with Crippen molar-refractivity contribution < 1.29 is 14.3 Å². The summed E-state index contributed by atoms with van der Waals surface area (Å²) in [4.78, 5) is 0. The van der Waals surface area contributed by atoms with Crippen molar-refractivity contribution in [1.82, 2.24) is 0 Å². The molecule has 0 atom stereocenters. The summed E-state index contributed by atoms with van der Waals surface area (Å²) in [6.45, 7) is 0.455. The fourth-order valence-electron chi connectivity index (χ4n) is 1.79. The van der Waals surface area contributed by atoms with Crippen LogP contribution in [0.4, 0.5) is 4.39 Å². The van der Waals surface area contributed by atoms with Gasteiger partial charge in [-0.2, -0.15) is 0 Å². The van der Waals surface area contributed by atoms with Gasteiger partial charge in [-0.1, -0.05) is 41.0 Å². The lowest BCUT2D eigenvalue weighted by molar-refractivity contribution is 0.105. The largest absolute Gasteiger partial charge is 0.409 e. The SMILES string of the molecule is NC(=NO)c1ccc(COCc2cccc(Cl)c2)c(F)c1. The molecule has 3 N–H and O–H groups in total. The van der Waals surface area contributed by atoms with E-state index in [0.29, 0.717) is 22.8 Å². The maximum Gasteiger partial charge on any atom is 0.170 e. The quantitative estimate of drug-likeness (QED) is 0.385. The lowest BCUT2D eigenvalue weighted by atomic mass is 10.1. The molecular formula is C15H14ClFN2O2. The Hall–Kier alpha value is -2.11. The summed E-state index contributed by atoms with van der Waals surface area (Å²) in [5, 5.41) is 12.0. The summed E-state index contributed by atoms with van der Waals surface area (Å²) >= 11 is 5.87. The van der Waals surface area contributed by atoms with Gasteiger partial charge in [0.25, 0.3) is 0 Å². The number of nitrogens with two attached hydrogens (primary N) is 1. The highest BCUT2D eigenvalue weighted by atomic mass is 35.5. The second-order valence-electron chi connectivity index (χ2n) is 4.41. The smallest absolute Gasteiger partial charge is 0.170 e. The Kier molecular flexibility index (Phi) is 5.14. The highest BCUT2D eigenvalue weighted by molar-refractivity contribution is 6.30. The predicted molar refractivity (Wildman–Crippen MR) is 78.9 cm³/mol. The maximum absolute atomic E-state index is 13.8. The number of oxime groups is 1. The van der Waals surface area contributed by atoms with Crippen molar-refractivity contribution in [1.29, 1.82) is 0 Å². The zero-order chi connectivity index (χ0) is 15.2. The van der Waals surface area contributed by atoms with Crippen molar-refractivity contribution in [3.63, 3.8) is 0 Å². The van der Waals surface area contributed by atoms with E-state index in [2.05, 4.69) is 5.16 Å². The zero-order valence-corrected chi connectivity index (χ0v) is 11.8. The average molecular weight is 309 g/mol. The molecule has 0 bridgehead atoms. The Morgan fingerprint density at radius 2 is 2.05 bits per heavy atom. The van der Waals surface area contributed by atoms with Crippen LogP contribution in [0.1, 0.15) is 16.7 Å². The number of halogens is 2. The normalized spacial score (nSPS) is 11.6. The van der Waals surface area contributed by atoms with Crippen LogP contribution >= 0.6 is 11.6 Å². The minimum atomic E-state index is -0.467. The molecule has 21 heavy (non-hydrogen) atoms. The molecule has 2 aromatic rings. The first-order valence-electron chi connectivity index (χ1n) is 6.18. The Bertz CT molecular complexity index is 662. The summed E-state index contributed by atoms with van der Waals surface area (Å²) < 4.78 is 19.3. The third-order valence-electron chi connectivity index (χ3n) is 2.87. The number of benzene rings is 2. The van der Waals surface area contributed by atoms with Crippen LogP contribution in [-0.2, 0) is 18.0 Å².